The molecule has 0 saturated carbocycles. The Morgan fingerprint density at radius 1 is 1.19 bits per heavy atom. The molecule has 0 heterocycles. The SMILES string of the molecule is CCC(N)Cc1cccc(Br)c1OCCCOCCOC. The van der Waals surface area contributed by atoms with E-state index in [-0.39, 0.29) is 6.04 Å². The van der Waals surface area contributed by atoms with Crippen molar-refractivity contribution in [2.45, 2.75) is 32.2 Å². The first-order valence-electron chi connectivity index (χ1n) is 7.41. The molecule has 1 atom stereocenters. The standard InChI is InChI=1S/C16H26BrNO3/c1-3-14(18)12-13-6-4-7-15(17)16(13)21-9-5-8-20-11-10-19-2/h4,6-7,14H,3,5,8-12,18H2,1-2H3. The normalized spacial score (nSPS) is 12.4. The minimum atomic E-state index is 0.166. The Kier molecular flexibility index (Phi) is 9.67. The number of hydrogen-bond donors (Lipinski definition) is 1. The second kappa shape index (κ2) is 11.0. The number of ether oxygens (including phenoxy) is 3. The minimum absolute atomic E-state index is 0.166. The summed E-state index contributed by atoms with van der Waals surface area (Å²) in [6, 6.07) is 6.25. The fraction of sp³-hybridized carbons (Fsp3) is 0.625. The fourth-order valence-corrected chi connectivity index (χ4v) is 2.40. The molecular formula is C16H26BrNO3. The Balaban J connectivity index is 2.42. The van der Waals surface area contributed by atoms with Crippen LogP contribution in [0.2, 0.25) is 0 Å². The molecule has 0 aliphatic rings. The van der Waals surface area contributed by atoms with E-state index >= 15 is 0 Å². The Labute approximate surface area is 136 Å². The van der Waals surface area contributed by atoms with Gasteiger partial charge in [-0.05, 0) is 40.4 Å². The molecule has 5 heteroatoms. The molecule has 120 valence electrons. The molecule has 4 nitrogen and oxygen atoms in total. The number of nitrogens with two attached hydrogens (primary N) is 1. The summed E-state index contributed by atoms with van der Waals surface area (Å²) in [7, 11) is 1.67. The monoisotopic (exact) mass is 359 g/mol. The smallest absolute Gasteiger partial charge is 0.136 e. The molecule has 0 aliphatic carbocycles. The zero-order chi connectivity index (χ0) is 15.5. The van der Waals surface area contributed by atoms with Crippen LogP contribution in [0, 0.1) is 0 Å². The van der Waals surface area contributed by atoms with Gasteiger partial charge in [-0.15, -0.1) is 0 Å². The number of hydrogen-bond acceptors (Lipinski definition) is 4. The average molecular weight is 360 g/mol. The van der Waals surface area contributed by atoms with Crippen LogP contribution in [0.4, 0.5) is 0 Å². The molecule has 1 rings (SSSR count). The summed E-state index contributed by atoms with van der Waals surface area (Å²) in [6.07, 6.45) is 2.64. The quantitative estimate of drug-likeness (QED) is 0.616. The van der Waals surface area contributed by atoms with Crippen molar-refractivity contribution in [3.63, 3.8) is 0 Å². The largest absolute Gasteiger partial charge is 0.492 e. The number of para-hydroxylation sites is 1. The van der Waals surface area contributed by atoms with Crippen molar-refractivity contribution < 1.29 is 14.2 Å². The van der Waals surface area contributed by atoms with Gasteiger partial charge in [-0.25, -0.2) is 0 Å². The summed E-state index contributed by atoms with van der Waals surface area (Å²) < 4.78 is 17.2. The van der Waals surface area contributed by atoms with E-state index in [1.165, 1.54) is 0 Å². The van der Waals surface area contributed by atoms with Gasteiger partial charge >= 0.3 is 0 Å². The molecule has 0 amide bonds. The molecule has 2 N–H and O–H groups in total. The predicted octanol–water partition coefficient (Wildman–Crippen LogP) is 3.16. The summed E-state index contributed by atoms with van der Waals surface area (Å²) in [5, 5.41) is 0. The lowest BCUT2D eigenvalue weighted by molar-refractivity contribution is 0.0643. The Hall–Kier alpha value is -0.620. The Morgan fingerprint density at radius 3 is 2.71 bits per heavy atom. The first-order chi connectivity index (χ1) is 10.2. The molecule has 0 saturated heterocycles. The first kappa shape index (κ1) is 18.4. The zero-order valence-electron chi connectivity index (χ0n) is 12.9. The van der Waals surface area contributed by atoms with E-state index in [9.17, 15) is 0 Å². The van der Waals surface area contributed by atoms with Crippen LogP contribution in [0.3, 0.4) is 0 Å². The molecule has 1 aromatic carbocycles. The van der Waals surface area contributed by atoms with Crippen LogP contribution in [0.5, 0.6) is 5.75 Å². The molecule has 1 aromatic rings. The minimum Gasteiger partial charge on any atom is -0.492 e. The van der Waals surface area contributed by atoms with E-state index in [0.29, 0.717) is 26.4 Å². The maximum absolute atomic E-state index is 6.04. The van der Waals surface area contributed by atoms with Gasteiger partial charge in [0.25, 0.3) is 0 Å². The lowest BCUT2D eigenvalue weighted by Gasteiger charge is -2.16. The van der Waals surface area contributed by atoms with Crippen LogP contribution < -0.4 is 10.5 Å². The maximum atomic E-state index is 6.04. The highest BCUT2D eigenvalue weighted by molar-refractivity contribution is 9.10. The molecule has 0 aliphatic heterocycles. The van der Waals surface area contributed by atoms with Crippen LogP contribution in [-0.2, 0) is 15.9 Å². The van der Waals surface area contributed by atoms with Gasteiger partial charge in [0.15, 0.2) is 0 Å². The summed E-state index contributed by atoms with van der Waals surface area (Å²) in [4.78, 5) is 0. The van der Waals surface area contributed by atoms with Gasteiger partial charge in [0.2, 0.25) is 0 Å². The van der Waals surface area contributed by atoms with E-state index in [1.807, 2.05) is 12.1 Å². The molecule has 0 fully saturated rings. The molecular weight excluding hydrogens is 334 g/mol. The second-order valence-corrected chi connectivity index (χ2v) is 5.76. The molecule has 0 radical (unpaired) electrons. The number of rotatable bonds is 11. The predicted molar refractivity (Wildman–Crippen MR) is 88.9 cm³/mol. The van der Waals surface area contributed by atoms with Crippen molar-refractivity contribution in [1.29, 1.82) is 0 Å². The summed E-state index contributed by atoms with van der Waals surface area (Å²) in [5.41, 5.74) is 7.20. The van der Waals surface area contributed by atoms with Gasteiger partial charge in [-0.3, -0.25) is 0 Å². The lowest BCUT2D eigenvalue weighted by Crippen LogP contribution is -2.22. The van der Waals surface area contributed by atoms with Crippen LogP contribution in [0.1, 0.15) is 25.3 Å². The van der Waals surface area contributed by atoms with Crippen LogP contribution in [0.25, 0.3) is 0 Å². The molecule has 0 spiro atoms. The van der Waals surface area contributed by atoms with E-state index in [4.69, 9.17) is 19.9 Å². The van der Waals surface area contributed by atoms with Crippen molar-refractivity contribution in [2.24, 2.45) is 5.73 Å². The molecule has 0 aromatic heterocycles. The van der Waals surface area contributed by atoms with E-state index in [0.717, 1.165) is 35.0 Å². The number of halogens is 1. The van der Waals surface area contributed by atoms with E-state index in [2.05, 4.69) is 28.9 Å². The van der Waals surface area contributed by atoms with Crippen molar-refractivity contribution in [1.82, 2.24) is 0 Å². The van der Waals surface area contributed by atoms with Gasteiger partial charge in [-0.1, -0.05) is 19.1 Å². The summed E-state index contributed by atoms with van der Waals surface area (Å²) >= 11 is 3.55. The number of methoxy groups -OCH3 is 1. The third kappa shape index (κ3) is 7.27. The first-order valence-corrected chi connectivity index (χ1v) is 8.20. The fourth-order valence-electron chi connectivity index (χ4n) is 1.88. The highest BCUT2D eigenvalue weighted by Gasteiger charge is 2.11. The molecule has 0 bridgehead atoms. The number of benzene rings is 1. The third-order valence-electron chi connectivity index (χ3n) is 3.17. The van der Waals surface area contributed by atoms with Gasteiger partial charge in [0, 0.05) is 26.2 Å². The highest BCUT2D eigenvalue weighted by atomic mass is 79.9. The Bertz CT molecular complexity index is 401. The topological polar surface area (TPSA) is 53.7 Å². The van der Waals surface area contributed by atoms with Crippen LogP contribution in [0.15, 0.2) is 22.7 Å². The highest BCUT2D eigenvalue weighted by Crippen LogP contribution is 2.30. The summed E-state index contributed by atoms with van der Waals surface area (Å²) in [5.74, 6) is 0.901. The third-order valence-corrected chi connectivity index (χ3v) is 3.79. The van der Waals surface area contributed by atoms with E-state index < -0.39 is 0 Å². The lowest BCUT2D eigenvalue weighted by atomic mass is 10.0. The Morgan fingerprint density at radius 2 is 2.00 bits per heavy atom. The molecule has 1 unspecified atom stereocenters. The maximum Gasteiger partial charge on any atom is 0.136 e. The van der Waals surface area contributed by atoms with Crippen LogP contribution in [-0.4, -0.2) is 39.6 Å². The van der Waals surface area contributed by atoms with Gasteiger partial charge in [0.1, 0.15) is 5.75 Å². The second-order valence-electron chi connectivity index (χ2n) is 4.91. The van der Waals surface area contributed by atoms with Gasteiger partial charge in [-0.2, -0.15) is 0 Å². The van der Waals surface area contributed by atoms with Crippen molar-refractivity contribution in [3.8, 4) is 5.75 Å². The average Bonchev–Trinajstić information content (AvgIpc) is 2.48. The van der Waals surface area contributed by atoms with Gasteiger partial charge < -0.3 is 19.9 Å². The van der Waals surface area contributed by atoms with E-state index in [1.54, 1.807) is 7.11 Å². The summed E-state index contributed by atoms with van der Waals surface area (Å²) in [6.45, 7) is 4.66. The van der Waals surface area contributed by atoms with Crippen molar-refractivity contribution >= 4 is 15.9 Å². The van der Waals surface area contributed by atoms with Crippen LogP contribution >= 0.6 is 15.9 Å². The zero-order valence-corrected chi connectivity index (χ0v) is 14.5. The van der Waals surface area contributed by atoms with Gasteiger partial charge in [0.05, 0.1) is 24.3 Å². The van der Waals surface area contributed by atoms with Crippen molar-refractivity contribution in [3.05, 3.63) is 28.2 Å². The molecule has 21 heavy (non-hydrogen) atoms. The van der Waals surface area contributed by atoms with Crippen molar-refractivity contribution in [2.75, 3.05) is 33.5 Å².